The van der Waals surface area contributed by atoms with Crippen LogP contribution in [-0.4, -0.2) is 15.1 Å². The maximum absolute atomic E-state index is 10.8. The van der Waals surface area contributed by atoms with Gasteiger partial charge in [-0.15, -0.1) is 24.3 Å². The van der Waals surface area contributed by atoms with E-state index in [0.29, 0.717) is 5.75 Å². The summed E-state index contributed by atoms with van der Waals surface area (Å²) in [5, 5.41) is 10.8. The summed E-state index contributed by atoms with van der Waals surface area (Å²) in [5.74, 6) is 0.307. The minimum Gasteiger partial charge on any atom is -0.507 e. The Kier molecular flexibility index (Phi) is 6.17. The van der Waals surface area contributed by atoms with Crippen LogP contribution in [0.5, 0.6) is 5.75 Å². The van der Waals surface area contributed by atoms with E-state index in [0.717, 1.165) is 53.0 Å². The number of aromatic nitrogens is 2. The summed E-state index contributed by atoms with van der Waals surface area (Å²) in [6.07, 6.45) is 4.88. The van der Waals surface area contributed by atoms with Crippen LogP contribution in [0.3, 0.4) is 0 Å². The minimum atomic E-state index is -0.0940. The predicted octanol–water partition coefficient (Wildman–Crippen LogP) is 6.79. The van der Waals surface area contributed by atoms with Crippen molar-refractivity contribution in [2.75, 3.05) is 0 Å². The molecule has 0 amide bonds. The Labute approximate surface area is 199 Å². The fourth-order valence-electron chi connectivity index (χ4n) is 5.06. The molecular weight excluding hydrogens is 439 g/mol. The molecule has 1 N–H and O–H groups in total. The van der Waals surface area contributed by atoms with E-state index in [4.69, 9.17) is 4.98 Å². The van der Waals surface area contributed by atoms with Gasteiger partial charge in [-0.1, -0.05) is 67.8 Å². The molecule has 164 valence electrons. The number of fused-ring (bicyclic) bond motifs is 3. The molecule has 0 saturated carbocycles. The molecule has 0 bridgehead atoms. The second kappa shape index (κ2) is 8.88. The number of hydrogen-bond donors (Lipinski definition) is 1. The van der Waals surface area contributed by atoms with Gasteiger partial charge in [-0.3, -0.25) is 9.97 Å². The molecule has 3 nitrogen and oxygen atoms in total. The molecule has 32 heavy (non-hydrogen) atoms. The van der Waals surface area contributed by atoms with Gasteiger partial charge in [0.05, 0.1) is 5.69 Å². The van der Waals surface area contributed by atoms with Gasteiger partial charge in [-0.05, 0) is 36.1 Å². The van der Waals surface area contributed by atoms with Gasteiger partial charge in [-0.25, -0.2) is 0 Å². The third-order valence-corrected chi connectivity index (χ3v) is 6.50. The van der Waals surface area contributed by atoms with Crippen molar-refractivity contribution in [1.82, 2.24) is 9.97 Å². The average Bonchev–Trinajstić information content (AvgIpc) is 3.10. The van der Waals surface area contributed by atoms with Crippen molar-refractivity contribution in [3.8, 4) is 39.5 Å². The number of rotatable bonds is 5. The third-order valence-electron chi connectivity index (χ3n) is 6.50. The van der Waals surface area contributed by atoms with Gasteiger partial charge in [0.25, 0.3) is 0 Å². The van der Waals surface area contributed by atoms with E-state index in [2.05, 4.69) is 43.1 Å². The van der Waals surface area contributed by atoms with Crippen LogP contribution in [0.25, 0.3) is 33.8 Å². The maximum Gasteiger partial charge on any atom is 0.125 e. The number of nitrogens with zero attached hydrogens (tertiary/aromatic N) is 2. The van der Waals surface area contributed by atoms with Crippen molar-refractivity contribution in [3.05, 3.63) is 90.1 Å². The Morgan fingerprint density at radius 3 is 2.34 bits per heavy atom. The SMILES string of the molecule is CCCC1(CC)c2ccc(-c3[c-]c(-c4ccccn4)ccc3)nc2-c2c(O)cccc21.[Ni]. The first-order chi connectivity index (χ1) is 15.2. The fourth-order valence-corrected chi connectivity index (χ4v) is 5.06. The van der Waals surface area contributed by atoms with Crippen molar-refractivity contribution in [1.29, 1.82) is 0 Å². The second-order valence-corrected chi connectivity index (χ2v) is 8.17. The molecule has 1 aliphatic rings. The molecule has 1 unspecified atom stereocenters. The van der Waals surface area contributed by atoms with Gasteiger partial charge in [0, 0.05) is 45.1 Å². The van der Waals surface area contributed by atoms with E-state index in [-0.39, 0.29) is 21.9 Å². The summed E-state index contributed by atoms with van der Waals surface area (Å²) >= 11 is 0. The van der Waals surface area contributed by atoms with Crippen molar-refractivity contribution < 1.29 is 21.6 Å². The molecule has 0 saturated heterocycles. The summed E-state index contributed by atoms with van der Waals surface area (Å²) in [6.45, 7) is 4.45. The van der Waals surface area contributed by atoms with Gasteiger partial charge in [0.15, 0.2) is 0 Å². The van der Waals surface area contributed by atoms with Gasteiger partial charge in [0.2, 0.25) is 0 Å². The predicted molar refractivity (Wildman–Crippen MR) is 125 cm³/mol. The number of hydrogen-bond acceptors (Lipinski definition) is 3. The first-order valence-corrected chi connectivity index (χ1v) is 11.0. The summed E-state index contributed by atoms with van der Waals surface area (Å²) in [7, 11) is 0. The monoisotopic (exact) mass is 463 g/mol. The van der Waals surface area contributed by atoms with Crippen LogP contribution >= 0.6 is 0 Å². The number of aromatic hydroxyl groups is 1. The molecule has 1 aliphatic carbocycles. The number of benzene rings is 2. The Morgan fingerprint density at radius 1 is 0.844 bits per heavy atom. The second-order valence-electron chi connectivity index (χ2n) is 8.17. The van der Waals surface area contributed by atoms with Crippen LogP contribution < -0.4 is 0 Å². The minimum absolute atomic E-state index is 0. The smallest absolute Gasteiger partial charge is 0.125 e. The molecular formula is C28H25N2NiO-. The quantitative estimate of drug-likeness (QED) is 0.261. The number of phenolic OH excluding ortho intramolecular Hbond substituents is 1. The van der Waals surface area contributed by atoms with Crippen molar-refractivity contribution in [3.63, 3.8) is 0 Å². The molecule has 2 aromatic heterocycles. The zero-order chi connectivity index (χ0) is 21.4. The Balaban J connectivity index is 0.00000245. The summed E-state index contributed by atoms with van der Waals surface area (Å²) in [6, 6.07) is 25.6. The van der Waals surface area contributed by atoms with Gasteiger partial charge in [-0.2, -0.15) is 0 Å². The third kappa shape index (κ3) is 3.43. The van der Waals surface area contributed by atoms with Crippen LogP contribution in [0.2, 0.25) is 0 Å². The average molecular weight is 464 g/mol. The van der Waals surface area contributed by atoms with Crippen LogP contribution in [0.15, 0.2) is 72.9 Å². The first-order valence-electron chi connectivity index (χ1n) is 11.0. The molecule has 0 fully saturated rings. The summed E-state index contributed by atoms with van der Waals surface area (Å²) in [5.41, 5.74) is 7.72. The maximum atomic E-state index is 10.8. The van der Waals surface area contributed by atoms with Crippen molar-refractivity contribution in [2.24, 2.45) is 0 Å². The first kappa shape index (κ1) is 22.2. The van der Waals surface area contributed by atoms with Crippen LogP contribution in [0.1, 0.15) is 44.2 Å². The topological polar surface area (TPSA) is 46.0 Å². The van der Waals surface area contributed by atoms with Crippen LogP contribution in [0.4, 0.5) is 0 Å². The van der Waals surface area contributed by atoms with Crippen LogP contribution in [-0.2, 0) is 21.9 Å². The summed E-state index contributed by atoms with van der Waals surface area (Å²) < 4.78 is 0. The molecule has 5 rings (SSSR count). The van der Waals surface area contributed by atoms with Crippen molar-refractivity contribution >= 4 is 0 Å². The Morgan fingerprint density at radius 2 is 1.62 bits per heavy atom. The van der Waals surface area contributed by atoms with E-state index < -0.39 is 0 Å². The number of pyridine rings is 2. The van der Waals surface area contributed by atoms with E-state index in [1.54, 1.807) is 12.3 Å². The molecule has 4 heteroatoms. The molecule has 4 aromatic rings. The molecule has 2 aromatic carbocycles. The molecule has 0 aliphatic heterocycles. The van der Waals surface area contributed by atoms with Crippen LogP contribution in [0, 0.1) is 6.07 Å². The number of phenols is 1. The van der Waals surface area contributed by atoms with E-state index >= 15 is 0 Å². The molecule has 0 radical (unpaired) electrons. The van der Waals surface area contributed by atoms with Gasteiger partial charge < -0.3 is 5.11 Å². The zero-order valence-corrected chi connectivity index (χ0v) is 19.2. The largest absolute Gasteiger partial charge is 0.507 e. The Bertz CT molecular complexity index is 1260. The Hall–Kier alpha value is -2.97. The van der Waals surface area contributed by atoms with Gasteiger partial charge in [0.1, 0.15) is 5.75 Å². The van der Waals surface area contributed by atoms with E-state index in [1.165, 1.54) is 11.1 Å². The van der Waals surface area contributed by atoms with E-state index in [1.807, 2.05) is 42.5 Å². The summed E-state index contributed by atoms with van der Waals surface area (Å²) in [4.78, 5) is 9.52. The zero-order valence-electron chi connectivity index (χ0n) is 18.2. The van der Waals surface area contributed by atoms with Crippen molar-refractivity contribution in [2.45, 2.75) is 38.5 Å². The molecule has 1 atom stereocenters. The molecule has 0 spiro atoms. The fraction of sp³-hybridized carbons (Fsp3) is 0.214. The normalized spacial score (nSPS) is 16.2. The van der Waals surface area contributed by atoms with Gasteiger partial charge >= 0.3 is 0 Å². The molecule has 2 heterocycles. The van der Waals surface area contributed by atoms with E-state index in [9.17, 15) is 5.11 Å². The standard InChI is InChI=1S/C28H25N2O.Ni/c1-3-16-28(4-2)21-11-8-13-25(31)26(21)27-22(28)14-15-24(30-27)20-10-7-9-19(18-20)23-12-5-6-17-29-23;/h5-15,17,31H,3-4,16H2,1-2H3;/q-1;.